The summed E-state index contributed by atoms with van der Waals surface area (Å²) < 4.78 is 15.2. The molecule has 0 aliphatic rings. The van der Waals surface area contributed by atoms with E-state index in [4.69, 9.17) is 25.7 Å². The average molecular weight is 226 g/mol. The van der Waals surface area contributed by atoms with Crippen LogP contribution in [0.3, 0.4) is 0 Å². The standard InChI is InChI=1S/C10H14N2O4/c1-14-6-4-5(10(12)13)7(11)9(16-3)8(6)15-2/h4H,11H2,1-3H3,(H2,12,13). The fraction of sp³-hybridized carbons (Fsp3) is 0.300. The molecule has 0 atom stereocenters. The summed E-state index contributed by atoms with van der Waals surface area (Å²) in [5.41, 5.74) is 11.2. The molecule has 0 bridgehead atoms. The summed E-state index contributed by atoms with van der Waals surface area (Å²) in [6, 6.07) is 1.42. The number of carbonyl (C=O) groups excluding carboxylic acids is 1. The van der Waals surface area contributed by atoms with E-state index in [1.807, 2.05) is 0 Å². The van der Waals surface area contributed by atoms with Crippen LogP contribution in [0, 0.1) is 0 Å². The van der Waals surface area contributed by atoms with Gasteiger partial charge in [-0.2, -0.15) is 0 Å². The van der Waals surface area contributed by atoms with Crippen LogP contribution >= 0.6 is 0 Å². The monoisotopic (exact) mass is 226 g/mol. The normalized spacial score (nSPS) is 9.69. The lowest BCUT2D eigenvalue weighted by Crippen LogP contribution is -2.15. The maximum Gasteiger partial charge on any atom is 0.251 e. The first-order valence-electron chi connectivity index (χ1n) is 4.45. The molecule has 0 aliphatic heterocycles. The van der Waals surface area contributed by atoms with Crippen molar-refractivity contribution < 1.29 is 19.0 Å². The zero-order chi connectivity index (χ0) is 12.3. The van der Waals surface area contributed by atoms with E-state index in [1.165, 1.54) is 27.4 Å². The molecule has 1 aromatic rings. The van der Waals surface area contributed by atoms with E-state index < -0.39 is 5.91 Å². The zero-order valence-corrected chi connectivity index (χ0v) is 9.37. The minimum atomic E-state index is -0.656. The Labute approximate surface area is 93.1 Å². The third kappa shape index (κ3) is 1.81. The van der Waals surface area contributed by atoms with Gasteiger partial charge in [-0.1, -0.05) is 0 Å². The lowest BCUT2D eigenvalue weighted by Gasteiger charge is -2.15. The van der Waals surface area contributed by atoms with Gasteiger partial charge in [0.2, 0.25) is 5.75 Å². The van der Waals surface area contributed by atoms with Gasteiger partial charge in [-0.05, 0) is 6.07 Å². The molecule has 0 aliphatic carbocycles. The van der Waals surface area contributed by atoms with Gasteiger partial charge in [0.15, 0.2) is 11.5 Å². The number of anilines is 1. The molecule has 0 unspecified atom stereocenters. The summed E-state index contributed by atoms with van der Waals surface area (Å²) in [4.78, 5) is 11.1. The summed E-state index contributed by atoms with van der Waals surface area (Å²) in [5.74, 6) is 0.238. The van der Waals surface area contributed by atoms with E-state index in [2.05, 4.69) is 0 Å². The maximum atomic E-state index is 11.1. The second-order valence-electron chi connectivity index (χ2n) is 2.97. The van der Waals surface area contributed by atoms with E-state index in [9.17, 15) is 4.79 Å². The molecule has 1 rings (SSSR count). The number of rotatable bonds is 4. The zero-order valence-electron chi connectivity index (χ0n) is 9.37. The Balaban J connectivity index is 3.54. The van der Waals surface area contributed by atoms with Crippen LogP contribution in [0.1, 0.15) is 10.4 Å². The maximum absolute atomic E-state index is 11.1. The van der Waals surface area contributed by atoms with Gasteiger partial charge >= 0.3 is 0 Å². The molecule has 0 heterocycles. The molecule has 4 N–H and O–H groups in total. The Morgan fingerprint density at radius 1 is 1.12 bits per heavy atom. The number of hydrogen-bond acceptors (Lipinski definition) is 5. The van der Waals surface area contributed by atoms with Gasteiger partial charge in [0.05, 0.1) is 32.6 Å². The van der Waals surface area contributed by atoms with E-state index in [-0.39, 0.29) is 17.0 Å². The highest BCUT2D eigenvalue weighted by Gasteiger charge is 2.20. The van der Waals surface area contributed by atoms with Crippen LogP contribution in [0.4, 0.5) is 5.69 Å². The second kappa shape index (κ2) is 4.61. The minimum Gasteiger partial charge on any atom is -0.493 e. The summed E-state index contributed by atoms with van der Waals surface area (Å²) in [5, 5.41) is 0. The predicted molar refractivity (Wildman–Crippen MR) is 59.0 cm³/mol. The van der Waals surface area contributed by atoms with E-state index in [1.54, 1.807) is 0 Å². The highest BCUT2D eigenvalue weighted by molar-refractivity contribution is 6.00. The lowest BCUT2D eigenvalue weighted by molar-refractivity contribution is 0.100. The lowest BCUT2D eigenvalue weighted by atomic mass is 10.1. The average Bonchev–Trinajstić information content (AvgIpc) is 2.27. The fourth-order valence-electron chi connectivity index (χ4n) is 1.38. The number of hydrogen-bond donors (Lipinski definition) is 2. The van der Waals surface area contributed by atoms with E-state index in [0.29, 0.717) is 11.5 Å². The van der Waals surface area contributed by atoms with Crippen LogP contribution in [0.25, 0.3) is 0 Å². The first-order valence-corrected chi connectivity index (χ1v) is 4.45. The highest BCUT2D eigenvalue weighted by Crippen LogP contribution is 2.43. The van der Waals surface area contributed by atoms with Gasteiger partial charge in [0.1, 0.15) is 0 Å². The number of nitrogens with two attached hydrogens (primary N) is 2. The molecule has 1 amide bonds. The minimum absolute atomic E-state index is 0.132. The van der Waals surface area contributed by atoms with Crippen LogP contribution in [0.2, 0.25) is 0 Å². The molecule has 0 saturated heterocycles. The Morgan fingerprint density at radius 2 is 1.69 bits per heavy atom. The van der Waals surface area contributed by atoms with Gasteiger partial charge in [-0.15, -0.1) is 0 Å². The van der Waals surface area contributed by atoms with Gasteiger partial charge in [0, 0.05) is 0 Å². The number of benzene rings is 1. The van der Waals surface area contributed by atoms with Crippen molar-refractivity contribution in [2.45, 2.75) is 0 Å². The van der Waals surface area contributed by atoms with E-state index >= 15 is 0 Å². The number of ether oxygens (including phenoxy) is 3. The third-order valence-electron chi connectivity index (χ3n) is 2.13. The number of carbonyl (C=O) groups is 1. The largest absolute Gasteiger partial charge is 0.493 e. The first kappa shape index (κ1) is 12.0. The van der Waals surface area contributed by atoms with Crippen molar-refractivity contribution in [2.75, 3.05) is 27.1 Å². The van der Waals surface area contributed by atoms with Crippen molar-refractivity contribution in [3.63, 3.8) is 0 Å². The SMILES string of the molecule is COc1cc(C(N)=O)c(N)c(OC)c1OC. The van der Waals surface area contributed by atoms with Gasteiger partial charge in [0.25, 0.3) is 5.91 Å². The van der Waals surface area contributed by atoms with Crippen molar-refractivity contribution >= 4 is 11.6 Å². The van der Waals surface area contributed by atoms with Gasteiger partial charge < -0.3 is 25.7 Å². The molecular formula is C10H14N2O4. The third-order valence-corrected chi connectivity index (χ3v) is 2.13. The van der Waals surface area contributed by atoms with Crippen LogP contribution < -0.4 is 25.7 Å². The van der Waals surface area contributed by atoms with Crippen LogP contribution in [-0.4, -0.2) is 27.2 Å². The quantitative estimate of drug-likeness (QED) is 0.724. The predicted octanol–water partition coefficient (Wildman–Crippen LogP) is 0.393. The topological polar surface area (TPSA) is 96.8 Å². The summed E-state index contributed by atoms with van der Waals surface area (Å²) in [6.07, 6.45) is 0. The molecule has 6 heteroatoms. The molecule has 0 radical (unpaired) electrons. The summed E-state index contributed by atoms with van der Waals surface area (Å²) in [7, 11) is 4.31. The second-order valence-corrected chi connectivity index (χ2v) is 2.97. The number of methoxy groups -OCH3 is 3. The first-order chi connectivity index (χ1) is 7.56. The van der Waals surface area contributed by atoms with Crippen molar-refractivity contribution in [3.8, 4) is 17.2 Å². The van der Waals surface area contributed by atoms with Crippen LogP contribution in [-0.2, 0) is 0 Å². The molecule has 16 heavy (non-hydrogen) atoms. The van der Waals surface area contributed by atoms with Crippen molar-refractivity contribution in [1.29, 1.82) is 0 Å². The molecule has 1 aromatic carbocycles. The summed E-state index contributed by atoms with van der Waals surface area (Å²) >= 11 is 0. The molecule has 88 valence electrons. The number of amides is 1. The molecule has 6 nitrogen and oxygen atoms in total. The Bertz CT molecular complexity index is 418. The Kier molecular flexibility index (Phi) is 3.44. The van der Waals surface area contributed by atoms with Crippen molar-refractivity contribution in [2.24, 2.45) is 5.73 Å². The Hall–Kier alpha value is -2.11. The molecular weight excluding hydrogens is 212 g/mol. The van der Waals surface area contributed by atoms with Crippen molar-refractivity contribution in [3.05, 3.63) is 11.6 Å². The fourth-order valence-corrected chi connectivity index (χ4v) is 1.38. The molecule has 0 aromatic heterocycles. The molecule has 0 spiro atoms. The number of primary amides is 1. The smallest absolute Gasteiger partial charge is 0.251 e. The molecule has 0 saturated carbocycles. The number of nitrogen functional groups attached to an aromatic ring is 1. The van der Waals surface area contributed by atoms with E-state index in [0.717, 1.165) is 0 Å². The summed E-state index contributed by atoms with van der Waals surface area (Å²) in [6.45, 7) is 0. The highest BCUT2D eigenvalue weighted by atomic mass is 16.5. The van der Waals surface area contributed by atoms with Crippen LogP contribution in [0.5, 0.6) is 17.2 Å². The van der Waals surface area contributed by atoms with Crippen molar-refractivity contribution in [1.82, 2.24) is 0 Å². The molecule has 0 fully saturated rings. The van der Waals surface area contributed by atoms with Gasteiger partial charge in [-0.25, -0.2) is 0 Å². The Morgan fingerprint density at radius 3 is 2.06 bits per heavy atom. The van der Waals surface area contributed by atoms with Crippen LogP contribution in [0.15, 0.2) is 6.07 Å². The van der Waals surface area contributed by atoms with Gasteiger partial charge in [-0.3, -0.25) is 4.79 Å².